The van der Waals surface area contributed by atoms with Crippen LogP contribution < -0.4 is 14.4 Å². The summed E-state index contributed by atoms with van der Waals surface area (Å²) in [5.41, 5.74) is 2.50. The molecule has 0 saturated heterocycles. The first kappa shape index (κ1) is 27.2. The summed E-state index contributed by atoms with van der Waals surface area (Å²) in [5, 5.41) is 2.78. The summed E-state index contributed by atoms with van der Waals surface area (Å²) in [4.78, 5) is 27.3. The van der Waals surface area contributed by atoms with Gasteiger partial charge in [-0.25, -0.2) is 8.42 Å². The van der Waals surface area contributed by atoms with Crippen molar-refractivity contribution in [2.24, 2.45) is 0 Å². The number of rotatable bonds is 12. The van der Waals surface area contributed by atoms with Gasteiger partial charge in [-0.15, -0.1) is 0 Å². The Morgan fingerprint density at radius 1 is 1.09 bits per heavy atom. The van der Waals surface area contributed by atoms with Gasteiger partial charge in [0, 0.05) is 26.1 Å². The molecule has 2 rings (SSSR count). The van der Waals surface area contributed by atoms with E-state index >= 15 is 0 Å². The number of ether oxygens (including phenoxy) is 1. The van der Waals surface area contributed by atoms with Crippen LogP contribution in [0.2, 0.25) is 0 Å². The third-order valence-corrected chi connectivity index (χ3v) is 6.83. The van der Waals surface area contributed by atoms with Crippen LogP contribution in [0.4, 0.5) is 5.69 Å². The summed E-state index contributed by atoms with van der Waals surface area (Å²) in [6.45, 7) is 6.43. The van der Waals surface area contributed by atoms with Gasteiger partial charge in [0.15, 0.2) is 0 Å². The van der Waals surface area contributed by atoms with E-state index in [9.17, 15) is 18.0 Å². The molecule has 186 valence electrons. The standard InChI is InChI=1S/C25H35N3O5S/c1-6-26-25(30)20(3)27(18-21-11-8-7-10-19(21)2)24(29)12-9-17-28(34(5,31)32)22-13-15-23(33-4)16-14-22/h7-8,10-11,13-16,20H,6,9,12,17-18H2,1-5H3,(H,26,30). The molecule has 1 unspecified atom stereocenters. The largest absolute Gasteiger partial charge is 0.497 e. The molecule has 1 N–H and O–H groups in total. The number of benzene rings is 2. The maximum Gasteiger partial charge on any atom is 0.242 e. The molecule has 34 heavy (non-hydrogen) atoms. The van der Waals surface area contributed by atoms with Gasteiger partial charge in [0.1, 0.15) is 11.8 Å². The van der Waals surface area contributed by atoms with E-state index in [-0.39, 0.29) is 24.8 Å². The molecule has 0 bridgehead atoms. The summed E-state index contributed by atoms with van der Waals surface area (Å²) in [5.74, 6) is 0.198. The fourth-order valence-electron chi connectivity index (χ4n) is 3.63. The number of carbonyl (C=O) groups is 2. The van der Waals surface area contributed by atoms with Gasteiger partial charge in [0.2, 0.25) is 21.8 Å². The minimum absolute atomic E-state index is 0.109. The van der Waals surface area contributed by atoms with Gasteiger partial charge in [-0.1, -0.05) is 24.3 Å². The first-order valence-corrected chi connectivity index (χ1v) is 13.2. The highest BCUT2D eigenvalue weighted by molar-refractivity contribution is 7.92. The minimum Gasteiger partial charge on any atom is -0.497 e. The number of sulfonamides is 1. The fraction of sp³-hybridized carbons (Fsp3) is 0.440. The summed E-state index contributed by atoms with van der Waals surface area (Å²) < 4.78 is 31.2. The Bertz CT molecular complexity index is 1070. The van der Waals surface area contributed by atoms with Crippen molar-refractivity contribution in [3.05, 3.63) is 59.7 Å². The molecule has 8 nitrogen and oxygen atoms in total. The number of aryl methyl sites for hydroxylation is 1. The van der Waals surface area contributed by atoms with Crippen molar-refractivity contribution in [3.8, 4) is 5.75 Å². The second-order valence-corrected chi connectivity index (χ2v) is 10.1. The van der Waals surface area contributed by atoms with Crippen molar-refractivity contribution in [2.75, 3.05) is 30.8 Å². The van der Waals surface area contributed by atoms with Gasteiger partial charge in [-0.05, 0) is 62.6 Å². The maximum atomic E-state index is 13.2. The van der Waals surface area contributed by atoms with Crippen LogP contribution in [-0.2, 0) is 26.2 Å². The Kier molecular flexibility index (Phi) is 9.92. The van der Waals surface area contributed by atoms with Crippen molar-refractivity contribution in [2.45, 2.75) is 46.2 Å². The quantitative estimate of drug-likeness (QED) is 0.494. The zero-order chi connectivity index (χ0) is 25.3. The summed E-state index contributed by atoms with van der Waals surface area (Å²) in [7, 11) is -2.00. The van der Waals surface area contributed by atoms with Crippen molar-refractivity contribution < 1.29 is 22.7 Å². The lowest BCUT2D eigenvalue weighted by molar-refractivity contribution is -0.140. The fourth-order valence-corrected chi connectivity index (χ4v) is 4.59. The van der Waals surface area contributed by atoms with Crippen LogP contribution in [0.3, 0.4) is 0 Å². The van der Waals surface area contributed by atoms with Crippen LogP contribution in [0, 0.1) is 6.92 Å². The van der Waals surface area contributed by atoms with Gasteiger partial charge in [0.25, 0.3) is 0 Å². The van der Waals surface area contributed by atoms with E-state index in [1.807, 2.05) is 38.1 Å². The van der Waals surface area contributed by atoms with E-state index in [4.69, 9.17) is 4.74 Å². The number of nitrogens with zero attached hydrogens (tertiary/aromatic N) is 2. The van der Waals surface area contributed by atoms with E-state index in [1.54, 1.807) is 43.2 Å². The van der Waals surface area contributed by atoms with Gasteiger partial charge in [-0.3, -0.25) is 13.9 Å². The molecular weight excluding hydrogens is 454 g/mol. The lowest BCUT2D eigenvalue weighted by atomic mass is 10.1. The highest BCUT2D eigenvalue weighted by Crippen LogP contribution is 2.22. The average molecular weight is 490 g/mol. The number of nitrogens with one attached hydrogen (secondary N) is 1. The molecule has 0 aliphatic heterocycles. The normalized spacial score (nSPS) is 12.0. The van der Waals surface area contributed by atoms with Crippen LogP contribution >= 0.6 is 0 Å². The first-order chi connectivity index (χ1) is 16.1. The molecule has 0 aliphatic rings. The Hall–Kier alpha value is -3.07. The molecular formula is C25H35N3O5S. The highest BCUT2D eigenvalue weighted by atomic mass is 32.2. The average Bonchev–Trinajstić information content (AvgIpc) is 2.80. The van der Waals surface area contributed by atoms with Crippen molar-refractivity contribution in [3.63, 3.8) is 0 Å². The highest BCUT2D eigenvalue weighted by Gasteiger charge is 2.26. The van der Waals surface area contributed by atoms with Gasteiger partial charge in [-0.2, -0.15) is 0 Å². The van der Waals surface area contributed by atoms with Gasteiger partial charge >= 0.3 is 0 Å². The molecule has 0 fully saturated rings. The van der Waals surface area contributed by atoms with Crippen LogP contribution in [0.15, 0.2) is 48.5 Å². The number of methoxy groups -OCH3 is 1. The zero-order valence-electron chi connectivity index (χ0n) is 20.6. The molecule has 9 heteroatoms. The van der Waals surface area contributed by atoms with Crippen LogP contribution in [0.5, 0.6) is 5.75 Å². The topological polar surface area (TPSA) is 96.0 Å². The monoisotopic (exact) mass is 489 g/mol. The number of anilines is 1. The summed E-state index contributed by atoms with van der Waals surface area (Å²) in [6.07, 6.45) is 1.56. The third kappa shape index (κ3) is 7.48. The first-order valence-electron chi connectivity index (χ1n) is 11.3. The molecule has 2 amide bonds. The Morgan fingerprint density at radius 2 is 1.74 bits per heavy atom. The molecule has 0 saturated carbocycles. The SMILES string of the molecule is CCNC(=O)C(C)N(Cc1ccccc1C)C(=O)CCCN(c1ccc(OC)cc1)S(C)(=O)=O. The van der Waals surface area contributed by atoms with E-state index in [0.29, 0.717) is 30.9 Å². The molecule has 0 spiro atoms. The Labute approximate surface area is 202 Å². The van der Waals surface area contributed by atoms with E-state index < -0.39 is 16.1 Å². The minimum atomic E-state index is -3.54. The molecule has 0 aliphatic carbocycles. The molecule has 0 radical (unpaired) electrons. The Balaban J connectivity index is 2.15. The van der Waals surface area contributed by atoms with Crippen molar-refractivity contribution >= 4 is 27.5 Å². The summed E-state index contributed by atoms with van der Waals surface area (Å²) in [6, 6.07) is 13.8. The summed E-state index contributed by atoms with van der Waals surface area (Å²) >= 11 is 0. The second-order valence-electron chi connectivity index (χ2n) is 8.16. The molecule has 2 aromatic rings. The lowest BCUT2D eigenvalue weighted by Crippen LogP contribution is -2.47. The molecule has 1 atom stereocenters. The lowest BCUT2D eigenvalue weighted by Gasteiger charge is -2.30. The van der Waals surface area contributed by atoms with Gasteiger partial charge in [0.05, 0.1) is 19.1 Å². The van der Waals surface area contributed by atoms with E-state index in [2.05, 4.69) is 5.32 Å². The van der Waals surface area contributed by atoms with Crippen molar-refractivity contribution in [1.29, 1.82) is 0 Å². The molecule has 0 aromatic heterocycles. The van der Waals surface area contributed by atoms with E-state index in [1.165, 1.54) is 4.31 Å². The van der Waals surface area contributed by atoms with Crippen LogP contribution in [-0.4, -0.2) is 57.6 Å². The zero-order valence-corrected chi connectivity index (χ0v) is 21.4. The third-order valence-electron chi connectivity index (χ3n) is 5.63. The maximum absolute atomic E-state index is 13.2. The predicted molar refractivity (Wildman–Crippen MR) is 134 cm³/mol. The van der Waals surface area contributed by atoms with E-state index in [0.717, 1.165) is 17.4 Å². The Morgan fingerprint density at radius 3 is 2.29 bits per heavy atom. The molecule has 0 heterocycles. The number of carbonyl (C=O) groups excluding carboxylic acids is 2. The number of amides is 2. The number of hydrogen-bond donors (Lipinski definition) is 1. The predicted octanol–water partition coefficient (Wildman–Crippen LogP) is 3.10. The smallest absolute Gasteiger partial charge is 0.242 e. The number of hydrogen-bond acceptors (Lipinski definition) is 5. The van der Waals surface area contributed by atoms with Crippen molar-refractivity contribution in [1.82, 2.24) is 10.2 Å². The second kappa shape index (κ2) is 12.4. The number of likely N-dealkylation sites (N-methyl/N-ethyl adjacent to an activating group) is 1. The van der Waals surface area contributed by atoms with Crippen LogP contribution in [0.25, 0.3) is 0 Å². The van der Waals surface area contributed by atoms with Crippen LogP contribution in [0.1, 0.15) is 37.8 Å². The van der Waals surface area contributed by atoms with Gasteiger partial charge < -0.3 is 15.0 Å². The molecule has 2 aromatic carbocycles.